The van der Waals surface area contributed by atoms with Crippen LogP contribution in [0.2, 0.25) is 0 Å². The van der Waals surface area contributed by atoms with Gasteiger partial charge in [0.2, 0.25) is 5.91 Å². The third kappa shape index (κ3) is 2.32. The molecule has 86 valence electrons. The molecule has 3 N–H and O–H groups in total. The number of aliphatic hydroxyl groups is 1. The lowest BCUT2D eigenvalue weighted by Crippen LogP contribution is -2.41. The van der Waals surface area contributed by atoms with Crippen molar-refractivity contribution in [3.8, 4) is 0 Å². The zero-order chi connectivity index (χ0) is 10.8. The van der Waals surface area contributed by atoms with Crippen LogP contribution >= 0.6 is 0 Å². The Morgan fingerprint density at radius 2 is 2.00 bits per heavy atom. The standard InChI is InChI=1S/C11H20N2O2/c12-9-1-3-10(4-2-9)13-6-8(7-14)5-11(13)15/h8-10,14H,1-7,12H2. The van der Waals surface area contributed by atoms with Crippen molar-refractivity contribution in [1.82, 2.24) is 4.90 Å². The molecule has 2 fully saturated rings. The zero-order valence-corrected chi connectivity index (χ0v) is 9.06. The number of hydrogen-bond acceptors (Lipinski definition) is 3. The molecule has 0 spiro atoms. The number of amides is 1. The predicted octanol–water partition coefficient (Wildman–Crippen LogP) is 0.0971. The van der Waals surface area contributed by atoms with Gasteiger partial charge >= 0.3 is 0 Å². The third-order valence-electron chi connectivity index (χ3n) is 3.68. The first-order valence-electron chi connectivity index (χ1n) is 5.86. The predicted molar refractivity (Wildman–Crippen MR) is 57.1 cm³/mol. The largest absolute Gasteiger partial charge is 0.396 e. The number of aliphatic hydroxyl groups excluding tert-OH is 1. The van der Waals surface area contributed by atoms with Gasteiger partial charge in [-0.15, -0.1) is 0 Å². The molecule has 0 radical (unpaired) electrons. The highest BCUT2D eigenvalue weighted by Gasteiger charge is 2.35. The normalized spacial score (nSPS) is 37.3. The first-order valence-corrected chi connectivity index (χ1v) is 5.86. The van der Waals surface area contributed by atoms with Crippen molar-refractivity contribution in [2.45, 2.75) is 44.2 Å². The molecular weight excluding hydrogens is 192 g/mol. The average Bonchev–Trinajstić information content (AvgIpc) is 2.61. The van der Waals surface area contributed by atoms with E-state index >= 15 is 0 Å². The molecule has 1 amide bonds. The number of hydrogen-bond donors (Lipinski definition) is 2. The maximum atomic E-state index is 11.7. The molecule has 2 rings (SSSR count). The van der Waals surface area contributed by atoms with Crippen LogP contribution in [0.3, 0.4) is 0 Å². The average molecular weight is 212 g/mol. The quantitative estimate of drug-likeness (QED) is 0.682. The molecule has 1 aliphatic heterocycles. The third-order valence-corrected chi connectivity index (χ3v) is 3.68. The van der Waals surface area contributed by atoms with Crippen molar-refractivity contribution in [3.63, 3.8) is 0 Å². The highest BCUT2D eigenvalue weighted by atomic mass is 16.3. The maximum absolute atomic E-state index is 11.7. The second-order valence-electron chi connectivity index (χ2n) is 4.87. The molecule has 1 unspecified atom stereocenters. The lowest BCUT2D eigenvalue weighted by molar-refractivity contribution is -0.130. The van der Waals surface area contributed by atoms with Gasteiger partial charge in [0.25, 0.3) is 0 Å². The maximum Gasteiger partial charge on any atom is 0.223 e. The second-order valence-corrected chi connectivity index (χ2v) is 4.87. The fourth-order valence-corrected chi connectivity index (χ4v) is 2.70. The molecule has 2 aliphatic rings. The summed E-state index contributed by atoms with van der Waals surface area (Å²) in [5.74, 6) is 0.377. The summed E-state index contributed by atoms with van der Waals surface area (Å²) in [4.78, 5) is 13.7. The molecule has 15 heavy (non-hydrogen) atoms. The van der Waals surface area contributed by atoms with Crippen molar-refractivity contribution in [1.29, 1.82) is 0 Å². The van der Waals surface area contributed by atoms with Gasteiger partial charge < -0.3 is 15.7 Å². The molecule has 1 atom stereocenters. The fraction of sp³-hybridized carbons (Fsp3) is 0.909. The summed E-state index contributed by atoms with van der Waals surface area (Å²) < 4.78 is 0. The van der Waals surface area contributed by atoms with E-state index in [4.69, 9.17) is 10.8 Å². The minimum absolute atomic E-state index is 0.133. The fourth-order valence-electron chi connectivity index (χ4n) is 2.70. The molecule has 0 aromatic heterocycles. The van der Waals surface area contributed by atoms with Gasteiger partial charge in [-0.05, 0) is 25.7 Å². The summed E-state index contributed by atoms with van der Waals surface area (Å²) in [6.45, 7) is 0.879. The first-order chi connectivity index (χ1) is 7.20. The Kier molecular flexibility index (Phi) is 3.26. The van der Waals surface area contributed by atoms with E-state index in [1.165, 1.54) is 0 Å². The number of carbonyl (C=O) groups is 1. The lowest BCUT2D eigenvalue weighted by atomic mass is 9.91. The molecule has 1 saturated heterocycles. The van der Waals surface area contributed by atoms with Gasteiger partial charge in [0.15, 0.2) is 0 Å². The smallest absolute Gasteiger partial charge is 0.223 e. The van der Waals surface area contributed by atoms with Crippen molar-refractivity contribution in [3.05, 3.63) is 0 Å². The van der Waals surface area contributed by atoms with Crippen LogP contribution in [0.1, 0.15) is 32.1 Å². The summed E-state index contributed by atoms with van der Waals surface area (Å²) in [5.41, 5.74) is 5.84. The van der Waals surface area contributed by atoms with Gasteiger partial charge in [-0.1, -0.05) is 0 Å². The minimum Gasteiger partial charge on any atom is -0.396 e. The molecular formula is C11H20N2O2. The number of carbonyl (C=O) groups excluding carboxylic acids is 1. The summed E-state index contributed by atoms with van der Waals surface area (Å²) in [5, 5.41) is 9.04. The molecule has 0 bridgehead atoms. The van der Waals surface area contributed by atoms with E-state index in [1.807, 2.05) is 4.90 Å². The van der Waals surface area contributed by atoms with Gasteiger partial charge in [-0.2, -0.15) is 0 Å². The van der Waals surface area contributed by atoms with Gasteiger partial charge in [0, 0.05) is 37.6 Å². The number of likely N-dealkylation sites (tertiary alicyclic amines) is 1. The van der Waals surface area contributed by atoms with E-state index in [0.29, 0.717) is 18.5 Å². The Hall–Kier alpha value is -0.610. The van der Waals surface area contributed by atoms with Crippen molar-refractivity contribution in [2.24, 2.45) is 11.7 Å². The Morgan fingerprint density at radius 3 is 2.53 bits per heavy atom. The summed E-state index contributed by atoms with van der Waals surface area (Å²) in [6.07, 6.45) is 4.64. The van der Waals surface area contributed by atoms with Crippen LogP contribution in [0.5, 0.6) is 0 Å². The monoisotopic (exact) mass is 212 g/mol. The Labute approximate surface area is 90.4 Å². The van der Waals surface area contributed by atoms with Gasteiger partial charge in [-0.25, -0.2) is 0 Å². The van der Waals surface area contributed by atoms with Crippen molar-refractivity contribution in [2.75, 3.05) is 13.2 Å². The van der Waals surface area contributed by atoms with E-state index < -0.39 is 0 Å². The van der Waals surface area contributed by atoms with Crippen LogP contribution in [-0.2, 0) is 4.79 Å². The Bertz CT molecular complexity index is 237. The van der Waals surface area contributed by atoms with Crippen LogP contribution in [0.25, 0.3) is 0 Å². The zero-order valence-electron chi connectivity index (χ0n) is 9.06. The highest BCUT2D eigenvalue weighted by molar-refractivity contribution is 5.79. The van der Waals surface area contributed by atoms with Crippen LogP contribution in [0, 0.1) is 5.92 Å². The molecule has 1 aliphatic carbocycles. The van der Waals surface area contributed by atoms with Crippen LogP contribution in [-0.4, -0.2) is 41.1 Å². The molecule has 0 aromatic carbocycles. The highest BCUT2D eigenvalue weighted by Crippen LogP contribution is 2.27. The molecule has 4 nitrogen and oxygen atoms in total. The van der Waals surface area contributed by atoms with Crippen LogP contribution < -0.4 is 5.73 Å². The molecule has 1 heterocycles. The number of rotatable bonds is 2. The van der Waals surface area contributed by atoms with Crippen molar-refractivity contribution >= 4 is 5.91 Å². The molecule has 0 aromatic rings. The molecule has 1 saturated carbocycles. The van der Waals surface area contributed by atoms with E-state index in [-0.39, 0.29) is 18.4 Å². The summed E-state index contributed by atoms with van der Waals surface area (Å²) >= 11 is 0. The second kappa shape index (κ2) is 4.49. The van der Waals surface area contributed by atoms with Crippen LogP contribution in [0.15, 0.2) is 0 Å². The van der Waals surface area contributed by atoms with Gasteiger partial charge in [0.05, 0.1) is 0 Å². The summed E-state index contributed by atoms with van der Waals surface area (Å²) in [6, 6.07) is 0.710. The van der Waals surface area contributed by atoms with Gasteiger partial charge in [0.1, 0.15) is 0 Å². The minimum atomic E-state index is 0.133. The lowest BCUT2D eigenvalue weighted by Gasteiger charge is -2.33. The van der Waals surface area contributed by atoms with Crippen molar-refractivity contribution < 1.29 is 9.90 Å². The first kappa shape index (κ1) is 10.9. The number of nitrogens with zero attached hydrogens (tertiary/aromatic N) is 1. The van der Waals surface area contributed by atoms with Gasteiger partial charge in [-0.3, -0.25) is 4.79 Å². The number of nitrogens with two attached hydrogens (primary N) is 1. The topological polar surface area (TPSA) is 66.6 Å². The van der Waals surface area contributed by atoms with Crippen LogP contribution in [0.4, 0.5) is 0 Å². The summed E-state index contributed by atoms with van der Waals surface area (Å²) in [7, 11) is 0. The van der Waals surface area contributed by atoms with E-state index in [0.717, 1.165) is 32.2 Å². The Balaban J connectivity index is 1.91. The SMILES string of the molecule is NC1CCC(N2CC(CO)CC2=O)CC1. The Morgan fingerprint density at radius 1 is 1.33 bits per heavy atom. The van der Waals surface area contributed by atoms with E-state index in [2.05, 4.69) is 0 Å². The molecule has 4 heteroatoms. The van der Waals surface area contributed by atoms with E-state index in [9.17, 15) is 4.79 Å². The van der Waals surface area contributed by atoms with E-state index in [1.54, 1.807) is 0 Å².